The Balaban J connectivity index is 1.79. The molecule has 0 saturated heterocycles. The largest absolute Gasteiger partial charge is 0.494 e. The van der Waals surface area contributed by atoms with Crippen molar-refractivity contribution in [1.82, 2.24) is 14.8 Å². The number of carbonyl (C=O) groups is 1. The molecule has 1 amide bonds. The van der Waals surface area contributed by atoms with Crippen molar-refractivity contribution in [1.29, 1.82) is 0 Å². The quantitative estimate of drug-likeness (QED) is 0.675. The Kier molecular flexibility index (Phi) is 5.76. The van der Waals surface area contributed by atoms with Gasteiger partial charge in [-0.2, -0.15) is 0 Å². The number of hydrogen-bond acceptors (Lipinski definition) is 4. The maximum atomic E-state index is 12.6. The number of hydrogen-bond donors (Lipinski definition) is 1. The minimum atomic E-state index is -0.380. The van der Waals surface area contributed by atoms with Gasteiger partial charge in [0.25, 0.3) is 5.91 Å². The number of aromatic nitrogens is 3. The van der Waals surface area contributed by atoms with E-state index >= 15 is 0 Å². The minimum absolute atomic E-state index is 0.0816. The van der Waals surface area contributed by atoms with Crippen molar-refractivity contribution in [3.05, 3.63) is 64.7 Å². The number of rotatable bonds is 6. The van der Waals surface area contributed by atoms with Crippen molar-refractivity contribution in [2.24, 2.45) is 0 Å². The Morgan fingerprint density at radius 2 is 2.00 bits per heavy atom. The van der Waals surface area contributed by atoms with E-state index in [1.807, 2.05) is 43.3 Å². The van der Waals surface area contributed by atoms with Crippen molar-refractivity contribution < 1.29 is 9.53 Å². The van der Waals surface area contributed by atoms with Gasteiger partial charge in [0, 0.05) is 5.69 Å². The smallest absolute Gasteiger partial charge is 0.295 e. The first-order valence-electron chi connectivity index (χ1n) is 8.73. The van der Waals surface area contributed by atoms with Crippen molar-refractivity contribution in [3.63, 3.8) is 0 Å². The van der Waals surface area contributed by atoms with Gasteiger partial charge in [0.2, 0.25) is 5.82 Å². The number of benzene rings is 2. The number of carbonyl (C=O) groups excluding carboxylic acids is 1. The van der Waals surface area contributed by atoms with Gasteiger partial charge >= 0.3 is 0 Å². The number of nitrogens with one attached hydrogen (secondary N) is 1. The highest BCUT2D eigenvalue weighted by atomic mass is 35.5. The Bertz CT molecular complexity index is 968. The van der Waals surface area contributed by atoms with Crippen molar-refractivity contribution in [3.8, 4) is 11.4 Å². The fraction of sp³-hybridized carbons (Fsp3) is 0.250. The first-order chi connectivity index (χ1) is 13.0. The predicted octanol–water partition coefficient (Wildman–Crippen LogP) is 4.58. The van der Waals surface area contributed by atoms with Crippen LogP contribution in [0.25, 0.3) is 5.69 Å². The number of ether oxygens (including phenoxy) is 1. The molecule has 1 N–H and O–H groups in total. The van der Waals surface area contributed by atoms with E-state index < -0.39 is 0 Å². The van der Waals surface area contributed by atoms with Gasteiger partial charge in [-0.1, -0.05) is 30.7 Å². The molecule has 0 fully saturated rings. The van der Waals surface area contributed by atoms with E-state index in [0.29, 0.717) is 28.8 Å². The number of nitrogens with zero attached hydrogens (tertiary/aromatic N) is 3. The molecule has 3 aromatic rings. The highest BCUT2D eigenvalue weighted by molar-refractivity contribution is 6.32. The Morgan fingerprint density at radius 1 is 1.22 bits per heavy atom. The molecule has 2 aromatic carbocycles. The van der Waals surface area contributed by atoms with Crippen LogP contribution in [0.5, 0.6) is 5.75 Å². The second kappa shape index (κ2) is 8.22. The van der Waals surface area contributed by atoms with Crippen LogP contribution in [-0.4, -0.2) is 27.3 Å². The summed E-state index contributed by atoms with van der Waals surface area (Å²) in [5, 5.41) is 7.70. The molecule has 0 radical (unpaired) electrons. The van der Waals surface area contributed by atoms with E-state index in [2.05, 4.69) is 22.3 Å². The van der Waals surface area contributed by atoms with Crippen LogP contribution in [0, 0.1) is 13.8 Å². The van der Waals surface area contributed by atoms with Crippen molar-refractivity contribution in [2.45, 2.75) is 27.2 Å². The molecule has 6 nitrogen and oxygen atoms in total. The number of para-hydroxylation sites is 1. The molecule has 1 heterocycles. The zero-order chi connectivity index (χ0) is 19.4. The molecule has 0 spiro atoms. The van der Waals surface area contributed by atoms with Gasteiger partial charge in [-0.3, -0.25) is 4.79 Å². The van der Waals surface area contributed by atoms with Crippen LogP contribution < -0.4 is 10.1 Å². The summed E-state index contributed by atoms with van der Waals surface area (Å²) in [4.78, 5) is 16.9. The summed E-state index contributed by atoms with van der Waals surface area (Å²) in [6, 6.07) is 12.8. The summed E-state index contributed by atoms with van der Waals surface area (Å²) in [6.45, 7) is 6.40. The molecule has 0 atom stereocenters. The van der Waals surface area contributed by atoms with Crippen LogP contribution in [0.1, 0.15) is 35.4 Å². The summed E-state index contributed by atoms with van der Waals surface area (Å²) >= 11 is 6.22. The van der Waals surface area contributed by atoms with Crippen molar-refractivity contribution >= 4 is 23.2 Å². The lowest BCUT2D eigenvalue weighted by molar-refractivity contribution is 0.101. The van der Waals surface area contributed by atoms with Gasteiger partial charge in [0.1, 0.15) is 11.6 Å². The lowest BCUT2D eigenvalue weighted by Gasteiger charge is -2.10. The minimum Gasteiger partial charge on any atom is -0.494 e. The Labute approximate surface area is 163 Å². The van der Waals surface area contributed by atoms with Crippen LogP contribution in [-0.2, 0) is 0 Å². The molecular weight excluding hydrogens is 364 g/mol. The highest BCUT2D eigenvalue weighted by Gasteiger charge is 2.17. The third-order valence-electron chi connectivity index (χ3n) is 3.97. The van der Waals surface area contributed by atoms with Gasteiger partial charge in [-0.25, -0.2) is 9.67 Å². The maximum Gasteiger partial charge on any atom is 0.295 e. The second-order valence-electron chi connectivity index (χ2n) is 6.13. The molecule has 27 heavy (non-hydrogen) atoms. The first-order valence-corrected chi connectivity index (χ1v) is 9.10. The Hall–Kier alpha value is -2.86. The topological polar surface area (TPSA) is 69.0 Å². The summed E-state index contributed by atoms with van der Waals surface area (Å²) in [6.07, 6.45) is 0.941. The molecule has 0 aliphatic heterocycles. The molecule has 0 aliphatic rings. The lowest BCUT2D eigenvalue weighted by Crippen LogP contribution is -2.15. The molecule has 1 aromatic heterocycles. The molecule has 140 valence electrons. The summed E-state index contributed by atoms with van der Waals surface area (Å²) < 4.78 is 7.17. The standard InChI is InChI=1S/C20H21ClN4O2/c1-4-11-27-15-9-10-17(13(2)12-15)23-20(26)19-22-14(3)25(24-19)18-8-6-5-7-16(18)21/h5-10,12H,4,11H2,1-3H3,(H,23,26). The molecule has 0 bridgehead atoms. The van der Waals surface area contributed by atoms with Gasteiger partial charge in [-0.05, 0) is 56.2 Å². The maximum absolute atomic E-state index is 12.6. The molecular formula is C20H21ClN4O2. The van der Waals surface area contributed by atoms with E-state index in [1.54, 1.807) is 17.7 Å². The third kappa shape index (κ3) is 4.28. The number of halogens is 1. The van der Waals surface area contributed by atoms with Crippen LogP contribution in [0.15, 0.2) is 42.5 Å². The first kappa shape index (κ1) is 18.9. The van der Waals surface area contributed by atoms with Crippen LogP contribution in [0.3, 0.4) is 0 Å². The Morgan fingerprint density at radius 3 is 2.70 bits per heavy atom. The number of amides is 1. The average Bonchev–Trinajstić information content (AvgIpc) is 3.04. The molecule has 0 unspecified atom stereocenters. The van der Waals surface area contributed by atoms with Crippen LogP contribution in [0.4, 0.5) is 5.69 Å². The highest BCUT2D eigenvalue weighted by Crippen LogP contribution is 2.23. The zero-order valence-electron chi connectivity index (χ0n) is 15.5. The van der Waals surface area contributed by atoms with E-state index in [1.165, 1.54) is 0 Å². The van der Waals surface area contributed by atoms with Gasteiger partial charge in [-0.15, -0.1) is 5.10 Å². The van der Waals surface area contributed by atoms with Crippen LogP contribution >= 0.6 is 11.6 Å². The molecule has 0 saturated carbocycles. The zero-order valence-corrected chi connectivity index (χ0v) is 16.2. The average molecular weight is 385 g/mol. The fourth-order valence-electron chi connectivity index (χ4n) is 2.60. The van der Waals surface area contributed by atoms with Gasteiger partial charge in [0.05, 0.1) is 17.3 Å². The van der Waals surface area contributed by atoms with Gasteiger partial charge in [0.15, 0.2) is 0 Å². The van der Waals surface area contributed by atoms with Crippen molar-refractivity contribution in [2.75, 3.05) is 11.9 Å². The van der Waals surface area contributed by atoms with Crippen LogP contribution in [0.2, 0.25) is 5.02 Å². The summed E-state index contributed by atoms with van der Waals surface area (Å²) in [7, 11) is 0. The third-order valence-corrected chi connectivity index (χ3v) is 4.29. The summed E-state index contributed by atoms with van der Waals surface area (Å²) in [5.74, 6) is 1.06. The normalized spacial score (nSPS) is 10.7. The monoisotopic (exact) mass is 384 g/mol. The van der Waals surface area contributed by atoms with E-state index in [9.17, 15) is 4.79 Å². The predicted molar refractivity (Wildman–Crippen MR) is 106 cm³/mol. The molecule has 7 heteroatoms. The van der Waals surface area contributed by atoms with E-state index in [-0.39, 0.29) is 11.7 Å². The number of anilines is 1. The molecule has 0 aliphatic carbocycles. The lowest BCUT2D eigenvalue weighted by atomic mass is 10.2. The van der Waals surface area contributed by atoms with E-state index in [4.69, 9.17) is 16.3 Å². The fourth-order valence-corrected chi connectivity index (χ4v) is 2.82. The second-order valence-corrected chi connectivity index (χ2v) is 6.53. The summed E-state index contributed by atoms with van der Waals surface area (Å²) in [5.41, 5.74) is 2.27. The molecule has 3 rings (SSSR count). The number of aryl methyl sites for hydroxylation is 2. The van der Waals surface area contributed by atoms with E-state index in [0.717, 1.165) is 17.7 Å². The van der Waals surface area contributed by atoms with Gasteiger partial charge < -0.3 is 10.1 Å². The SMILES string of the molecule is CCCOc1ccc(NC(=O)c2nc(C)n(-c3ccccc3Cl)n2)c(C)c1.